The van der Waals surface area contributed by atoms with Crippen LogP contribution < -0.4 is 0 Å². The van der Waals surface area contributed by atoms with Crippen molar-refractivity contribution < 1.29 is 31.5 Å². The molecule has 2 nitrogen and oxygen atoms in total. The molecule has 0 N–H and O–H groups in total. The summed E-state index contributed by atoms with van der Waals surface area (Å²) in [5, 5.41) is 0. The Hall–Kier alpha value is -1.50. The van der Waals surface area contributed by atoms with Crippen LogP contribution in [0.1, 0.15) is 10.4 Å². The van der Waals surface area contributed by atoms with E-state index in [0.717, 1.165) is 18.2 Å². The van der Waals surface area contributed by atoms with Gasteiger partial charge in [-0.25, -0.2) is 8.78 Å². The first-order valence-corrected chi connectivity index (χ1v) is 4.43. The molecule has 0 unspecified atom stereocenters. The lowest BCUT2D eigenvalue weighted by Crippen LogP contribution is -2.21. The Balaban J connectivity index is 2.62. The van der Waals surface area contributed by atoms with Crippen LogP contribution in [0.25, 0.3) is 0 Å². The molecule has 7 heteroatoms. The van der Waals surface area contributed by atoms with Gasteiger partial charge < -0.3 is 4.74 Å². The third kappa shape index (κ3) is 4.10. The maximum absolute atomic E-state index is 13.0. The number of halogens is 5. The maximum atomic E-state index is 13.0. The lowest BCUT2D eigenvalue weighted by atomic mass is 10.1. The summed E-state index contributed by atoms with van der Waals surface area (Å²) >= 11 is 0. The molecule has 0 fully saturated rings. The van der Waals surface area contributed by atoms with Crippen molar-refractivity contribution in [3.05, 3.63) is 35.4 Å². The van der Waals surface area contributed by atoms with Crippen LogP contribution in [0.5, 0.6) is 0 Å². The fraction of sp³-hybridized carbons (Fsp3) is 0.300. The molecule has 0 heterocycles. The minimum Gasteiger partial charge on any atom is -0.364 e. The van der Waals surface area contributed by atoms with Gasteiger partial charge in [0.25, 0.3) is 0 Å². The fourth-order valence-corrected chi connectivity index (χ4v) is 1.06. The molecule has 0 bridgehead atoms. The Morgan fingerprint density at radius 1 is 1.24 bits per heavy atom. The number of carbonyl (C=O) groups is 1. The summed E-state index contributed by atoms with van der Waals surface area (Å²) in [6.07, 6.45) is -4.57. The second kappa shape index (κ2) is 5.22. The van der Waals surface area contributed by atoms with Crippen LogP contribution in [-0.2, 0) is 4.74 Å². The van der Waals surface area contributed by atoms with Gasteiger partial charge >= 0.3 is 6.18 Å². The first-order chi connectivity index (χ1) is 7.81. The van der Waals surface area contributed by atoms with Crippen LogP contribution in [0.2, 0.25) is 0 Å². The van der Waals surface area contributed by atoms with E-state index < -0.39 is 42.4 Å². The van der Waals surface area contributed by atoms with Crippen molar-refractivity contribution in [2.24, 2.45) is 0 Å². The molecular formula is C10H7F5O2. The number of rotatable bonds is 4. The zero-order valence-electron chi connectivity index (χ0n) is 8.35. The molecule has 0 saturated carbocycles. The number of hydrogen-bond acceptors (Lipinski definition) is 2. The van der Waals surface area contributed by atoms with E-state index in [4.69, 9.17) is 0 Å². The van der Waals surface area contributed by atoms with Crippen molar-refractivity contribution in [3.63, 3.8) is 0 Å². The van der Waals surface area contributed by atoms with Gasteiger partial charge in [-0.15, -0.1) is 0 Å². The van der Waals surface area contributed by atoms with Crippen LogP contribution in [-0.4, -0.2) is 25.2 Å². The van der Waals surface area contributed by atoms with Crippen molar-refractivity contribution in [1.82, 2.24) is 0 Å². The molecule has 0 aliphatic heterocycles. The average Bonchev–Trinajstić information content (AvgIpc) is 2.20. The summed E-state index contributed by atoms with van der Waals surface area (Å²) in [5.41, 5.74) is -0.632. The van der Waals surface area contributed by atoms with E-state index in [1.165, 1.54) is 0 Å². The molecule has 0 aromatic heterocycles. The number of ether oxygens (including phenoxy) is 1. The fourth-order valence-electron chi connectivity index (χ4n) is 1.06. The third-order valence-electron chi connectivity index (χ3n) is 1.75. The van der Waals surface area contributed by atoms with Crippen LogP contribution in [0.15, 0.2) is 18.2 Å². The first-order valence-electron chi connectivity index (χ1n) is 4.43. The third-order valence-corrected chi connectivity index (χ3v) is 1.75. The maximum Gasteiger partial charge on any atom is 0.411 e. The van der Waals surface area contributed by atoms with E-state index in [0.29, 0.717) is 0 Å². The van der Waals surface area contributed by atoms with Gasteiger partial charge in [0.2, 0.25) is 0 Å². The van der Waals surface area contributed by atoms with Crippen molar-refractivity contribution in [3.8, 4) is 0 Å². The van der Waals surface area contributed by atoms with Crippen molar-refractivity contribution in [1.29, 1.82) is 0 Å². The van der Waals surface area contributed by atoms with E-state index in [1.54, 1.807) is 0 Å². The SMILES string of the molecule is O=C(COCC(F)(F)F)c1cccc(F)c1F. The summed E-state index contributed by atoms with van der Waals surface area (Å²) in [5.74, 6) is -3.69. The number of Topliss-reactive ketones (excluding diaryl/α,β-unsaturated/α-hetero) is 1. The van der Waals surface area contributed by atoms with Gasteiger partial charge in [0.15, 0.2) is 17.4 Å². The molecule has 94 valence electrons. The normalized spacial score (nSPS) is 11.6. The number of alkyl halides is 3. The van der Waals surface area contributed by atoms with Gasteiger partial charge in [-0.05, 0) is 12.1 Å². The zero-order chi connectivity index (χ0) is 13.1. The van der Waals surface area contributed by atoms with Crippen LogP contribution in [0, 0.1) is 11.6 Å². The molecule has 1 aromatic carbocycles. The Morgan fingerprint density at radius 3 is 2.47 bits per heavy atom. The smallest absolute Gasteiger partial charge is 0.364 e. The number of ketones is 1. The van der Waals surface area contributed by atoms with Gasteiger partial charge in [-0.2, -0.15) is 13.2 Å². The first kappa shape index (κ1) is 13.6. The van der Waals surface area contributed by atoms with E-state index in [9.17, 15) is 26.7 Å². The topological polar surface area (TPSA) is 26.3 Å². The number of carbonyl (C=O) groups excluding carboxylic acids is 1. The summed E-state index contributed by atoms with van der Waals surface area (Å²) in [7, 11) is 0. The monoisotopic (exact) mass is 254 g/mol. The van der Waals surface area contributed by atoms with Crippen LogP contribution >= 0.6 is 0 Å². The standard InChI is InChI=1S/C10H7F5O2/c11-7-3-1-2-6(9(7)12)8(16)4-17-5-10(13,14)15/h1-3H,4-5H2. The highest BCUT2D eigenvalue weighted by molar-refractivity contribution is 5.97. The molecule has 1 aromatic rings. The zero-order valence-corrected chi connectivity index (χ0v) is 8.35. The van der Waals surface area contributed by atoms with E-state index >= 15 is 0 Å². The number of benzene rings is 1. The minimum absolute atomic E-state index is 0.632. The summed E-state index contributed by atoms with van der Waals surface area (Å²) in [6, 6.07) is 2.84. The predicted octanol–water partition coefficient (Wildman–Crippen LogP) is 2.73. The highest BCUT2D eigenvalue weighted by Crippen LogP contribution is 2.15. The Kier molecular flexibility index (Phi) is 4.17. The molecule has 0 aliphatic rings. The second-order valence-electron chi connectivity index (χ2n) is 3.13. The summed E-state index contributed by atoms with van der Waals surface area (Å²) < 4.78 is 64.8. The van der Waals surface area contributed by atoms with Crippen LogP contribution in [0.4, 0.5) is 22.0 Å². The van der Waals surface area contributed by atoms with Gasteiger partial charge in [0, 0.05) is 0 Å². The minimum atomic E-state index is -4.57. The van der Waals surface area contributed by atoms with Crippen LogP contribution in [0.3, 0.4) is 0 Å². The quantitative estimate of drug-likeness (QED) is 0.610. The van der Waals surface area contributed by atoms with Crippen molar-refractivity contribution in [2.45, 2.75) is 6.18 Å². The average molecular weight is 254 g/mol. The summed E-state index contributed by atoms with van der Waals surface area (Å²) in [4.78, 5) is 11.2. The van der Waals surface area contributed by atoms with Gasteiger partial charge in [0.1, 0.15) is 13.2 Å². The van der Waals surface area contributed by atoms with Gasteiger partial charge in [0.05, 0.1) is 5.56 Å². The molecule has 0 atom stereocenters. The largest absolute Gasteiger partial charge is 0.411 e. The molecule has 17 heavy (non-hydrogen) atoms. The van der Waals surface area contributed by atoms with Gasteiger partial charge in [-0.1, -0.05) is 6.07 Å². The Bertz CT molecular complexity index is 414. The highest BCUT2D eigenvalue weighted by atomic mass is 19.4. The Morgan fingerprint density at radius 2 is 1.88 bits per heavy atom. The van der Waals surface area contributed by atoms with Crippen molar-refractivity contribution in [2.75, 3.05) is 13.2 Å². The molecule has 0 amide bonds. The molecule has 0 spiro atoms. The van der Waals surface area contributed by atoms with E-state index in [2.05, 4.69) is 4.74 Å². The lowest BCUT2D eigenvalue weighted by molar-refractivity contribution is -0.170. The molecule has 0 aliphatic carbocycles. The lowest BCUT2D eigenvalue weighted by Gasteiger charge is -2.07. The second-order valence-corrected chi connectivity index (χ2v) is 3.13. The Labute approximate surface area is 93.0 Å². The van der Waals surface area contributed by atoms with E-state index in [1.807, 2.05) is 0 Å². The molecule has 1 rings (SSSR count). The predicted molar refractivity (Wildman–Crippen MR) is 47.6 cm³/mol. The number of hydrogen-bond donors (Lipinski definition) is 0. The van der Waals surface area contributed by atoms with E-state index in [-0.39, 0.29) is 0 Å². The van der Waals surface area contributed by atoms with Gasteiger partial charge in [-0.3, -0.25) is 4.79 Å². The molecule has 0 saturated heterocycles. The van der Waals surface area contributed by atoms with Crippen molar-refractivity contribution >= 4 is 5.78 Å². The summed E-state index contributed by atoms with van der Waals surface area (Å²) in [6.45, 7) is -2.57. The molecule has 0 radical (unpaired) electrons. The highest BCUT2D eigenvalue weighted by Gasteiger charge is 2.28. The molecular weight excluding hydrogens is 247 g/mol.